The number of carbonyl (C=O) groups excluding carboxylic acids is 1. The summed E-state index contributed by atoms with van der Waals surface area (Å²) in [6.45, 7) is 5.76. The molecule has 3 aromatic carbocycles. The van der Waals surface area contributed by atoms with Crippen LogP contribution in [0.4, 0.5) is 5.69 Å². The van der Waals surface area contributed by atoms with Gasteiger partial charge in [0.2, 0.25) is 0 Å². The molecule has 1 fully saturated rings. The second-order valence-corrected chi connectivity index (χ2v) is 8.18. The summed E-state index contributed by atoms with van der Waals surface area (Å²) in [5.74, 6) is 1.61. The molecule has 3 aromatic rings. The zero-order valence-corrected chi connectivity index (χ0v) is 18.3. The van der Waals surface area contributed by atoms with Gasteiger partial charge in [0, 0.05) is 5.69 Å². The molecule has 0 unspecified atom stereocenters. The first-order chi connectivity index (χ1) is 15.7. The lowest BCUT2D eigenvalue weighted by Gasteiger charge is -2.28. The van der Waals surface area contributed by atoms with Crippen LogP contribution in [0.15, 0.2) is 91.0 Å². The standard InChI is InChI=1S/C27H29N3O2/c31-27(28-24-13-15-26(16-14-24)32-25-11-5-2-6-12-25)22-30-20-18-29(19-21-30)17-7-10-23-8-3-1-4-9-23/h1-16H,17-22H2,(H,28,31)/p+2/b10-7+. The number of nitrogens with one attached hydrogen (secondary N) is 3. The molecule has 0 aromatic heterocycles. The molecule has 0 atom stereocenters. The third-order valence-electron chi connectivity index (χ3n) is 5.71. The van der Waals surface area contributed by atoms with Crippen molar-refractivity contribution in [2.75, 3.05) is 44.6 Å². The van der Waals surface area contributed by atoms with Crippen molar-refractivity contribution in [2.45, 2.75) is 0 Å². The van der Waals surface area contributed by atoms with Crippen molar-refractivity contribution >= 4 is 17.7 Å². The number of anilines is 1. The molecule has 3 N–H and O–H groups in total. The van der Waals surface area contributed by atoms with Gasteiger partial charge >= 0.3 is 0 Å². The van der Waals surface area contributed by atoms with Crippen LogP contribution in [0.1, 0.15) is 5.56 Å². The highest BCUT2D eigenvalue weighted by Gasteiger charge is 2.24. The summed E-state index contributed by atoms with van der Waals surface area (Å²) in [6, 6.07) is 27.6. The predicted molar refractivity (Wildman–Crippen MR) is 128 cm³/mol. The molecule has 1 saturated heterocycles. The number of ether oxygens (including phenoxy) is 1. The van der Waals surface area contributed by atoms with Crippen LogP contribution in [0.5, 0.6) is 11.5 Å². The smallest absolute Gasteiger partial charge is 0.279 e. The van der Waals surface area contributed by atoms with Crippen molar-refractivity contribution in [3.05, 3.63) is 96.6 Å². The maximum absolute atomic E-state index is 12.5. The number of para-hydroxylation sites is 1. The zero-order valence-electron chi connectivity index (χ0n) is 18.3. The number of benzene rings is 3. The first-order valence-electron chi connectivity index (χ1n) is 11.3. The highest BCUT2D eigenvalue weighted by molar-refractivity contribution is 5.91. The first kappa shape index (κ1) is 21.8. The Labute approximate surface area is 189 Å². The van der Waals surface area contributed by atoms with E-state index >= 15 is 0 Å². The van der Waals surface area contributed by atoms with Crippen LogP contribution >= 0.6 is 0 Å². The predicted octanol–water partition coefficient (Wildman–Crippen LogP) is 1.91. The molecule has 0 radical (unpaired) electrons. The Morgan fingerprint density at radius 2 is 1.38 bits per heavy atom. The van der Waals surface area contributed by atoms with Gasteiger partial charge in [0.1, 0.15) is 37.7 Å². The number of hydrogen-bond donors (Lipinski definition) is 3. The third-order valence-corrected chi connectivity index (χ3v) is 5.71. The SMILES string of the molecule is O=C(C[NH+]1CC[NH+](C/C=C/c2ccccc2)CC1)Nc1ccc(Oc2ccccc2)cc1. The van der Waals surface area contributed by atoms with Crippen molar-refractivity contribution in [1.82, 2.24) is 0 Å². The molecule has 5 nitrogen and oxygen atoms in total. The summed E-state index contributed by atoms with van der Waals surface area (Å²) in [6.07, 6.45) is 4.45. The Hall–Kier alpha value is -3.41. The Balaban J connectivity index is 1.17. The summed E-state index contributed by atoms with van der Waals surface area (Å²) >= 11 is 0. The average molecular weight is 430 g/mol. The molecule has 5 heteroatoms. The fourth-order valence-corrected chi connectivity index (χ4v) is 3.93. The Morgan fingerprint density at radius 3 is 2.06 bits per heavy atom. The number of quaternary nitrogens is 2. The molecule has 1 aliphatic rings. The van der Waals surface area contributed by atoms with E-state index in [9.17, 15) is 4.79 Å². The number of amides is 1. The summed E-state index contributed by atoms with van der Waals surface area (Å²) in [7, 11) is 0. The van der Waals surface area contributed by atoms with Crippen molar-refractivity contribution in [3.63, 3.8) is 0 Å². The molecular weight excluding hydrogens is 398 g/mol. The van der Waals surface area contributed by atoms with E-state index in [2.05, 4.69) is 41.7 Å². The number of rotatable bonds is 8. The van der Waals surface area contributed by atoms with Crippen LogP contribution in [0.2, 0.25) is 0 Å². The normalized spacial score (nSPS) is 18.4. The monoisotopic (exact) mass is 429 g/mol. The van der Waals surface area contributed by atoms with Gasteiger partial charge in [0.25, 0.3) is 5.91 Å². The summed E-state index contributed by atoms with van der Waals surface area (Å²) in [5, 5.41) is 3.01. The summed E-state index contributed by atoms with van der Waals surface area (Å²) in [4.78, 5) is 15.4. The minimum atomic E-state index is 0.0594. The second-order valence-electron chi connectivity index (χ2n) is 8.18. The van der Waals surface area contributed by atoms with E-state index in [0.29, 0.717) is 6.54 Å². The van der Waals surface area contributed by atoms with E-state index in [1.165, 1.54) is 10.5 Å². The van der Waals surface area contributed by atoms with Crippen LogP contribution in [0, 0.1) is 0 Å². The summed E-state index contributed by atoms with van der Waals surface area (Å²) < 4.78 is 5.80. The van der Waals surface area contributed by atoms with Crippen LogP contribution in [0.3, 0.4) is 0 Å². The molecule has 0 aliphatic carbocycles. The fourth-order valence-electron chi connectivity index (χ4n) is 3.93. The maximum Gasteiger partial charge on any atom is 0.279 e. The second kappa shape index (κ2) is 11.3. The van der Waals surface area contributed by atoms with Crippen LogP contribution in [-0.4, -0.2) is 45.2 Å². The van der Waals surface area contributed by atoms with Crippen LogP contribution in [0.25, 0.3) is 6.08 Å². The van der Waals surface area contributed by atoms with E-state index in [4.69, 9.17) is 4.74 Å². The third kappa shape index (κ3) is 6.80. The van der Waals surface area contributed by atoms with Crippen molar-refractivity contribution < 1.29 is 19.3 Å². The largest absolute Gasteiger partial charge is 0.457 e. The molecule has 1 amide bonds. The molecule has 164 valence electrons. The average Bonchev–Trinajstić information content (AvgIpc) is 2.83. The molecule has 1 aliphatic heterocycles. The van der Waals surface area contributed by atoms with E-state index in [-0.39, 0.29) is 5.91 Å². The highest BCUT2D eigenvalue weighted by Crippen LogP contribution is 2.22. The first-order valence-corrected chi connectivity index (χ1v) is 11.3. The van der Waals surface area contributed by atoms with Gasteiger partial charge in [-0.3, -0.25) is 4.79 Å². The van der Waals surface area contributed by atoms with Crippen LogP contribution < -0.4 is 19.9 Å². The van der Waals surface area contributed by atoms with Gasteiger partial charge in [-0.2, -0.15) is 0 Å². The van der Waals surface area contributed by atoms with Gasteiger partial charge in [-0.15, -0.1) is 0 Å². The number of carbonyl (C=O) groups is 1. The van der Waals surface area contributed by atoms with E-state index < -0.39 is 0 Å². The van der Waals surface area contributed by atoms with E-state index in [1.54, 1.807) is 4.90 Å². The molecular formula is C27H31N3O2+2. The topological polar surface area (TPSA) is 47.2 Å². The molecule has 0 spiro atoms. The van der Waals surface area contributed by atoms with E-state index in [0.717, 1.165) is 49.9 Å². The maximum atomic E-state index is 12.5. The Morgan fingerprint density at radius 1 is 0.781 bits per heavy atom. The van der Waals surface area contributed by atoms with Crippen molar-refractivity contribution in [1.29, 1.82) is 0 Å². The van der Waals surface area contributed by atoms with Gasteiger partial charge in [0.15, 0.2) is 6.54 Å². The summed E-state index contributed by atoms with van der Waals surface area (Å²) in [5.41, 5.74) is 2.04. The van der Waals surface area contributed by atoms with Gasteiger partial charge in [-0.05, 0) is 48.0 Å². The molecule has 0 bridgehead atoms. The zero-order chi connectivity index (χ0) is 22.0. The number of hydrogen-bond acceptors (Lipinski definition) is 2. The molecule has 32 heavy (non-hydrogen) atoms. The highest BCUT2D eigenvalue weighted by atomic mass is 16.5. The molecule has 1 heterocycles. The van der Waals surface area contributed by atoms with Gasteiger partial charge in [0.05, 0.1) is 6.54 Å². The number of piperazine rings is 1. The van der Waals surface area contributed by atoms with Crippen molar-refractivity contribution in [3.8, 4) is 11.5 Å². The minimum absolute atomic E-state index is 0.0594. The van der Waals surface area contributed by atoms with E-state index in [1.807, 2.05) is 60.7 Å². The van der Waals surface area contributed by atoms with Gasteiger partial charge < -0.3 is 19.9 Å². The molecule has 4 rings (SSSR count). The lowest BCUT2D eigenvalue weighted by Crippen LogP contribution is -3.28. The van der Waals surface area contributed by atoms with Gasteiger partial charge in [-0.1, -0.05) is 54.6 Å². The lowest BCUT2D eigenvalue weighted by atomic mass is 10.2. The van der Waals surface area contributed by atoms with Crippen molar-refractivity contribution in [2.24, 2.45) is 0 Å². The molecule has 0 saturated carbocycles. The fraction of sp³-hybridized carbons (Fsp3) is 0.222. The quantitative estimate of drug-likeness (QED) is 0.512. The van der Waals surface area contributed by atoms with Gasteiger partial charge in [-0.25, -0.2) is 0 Å². The lowest BCUT2D eigenvalue weighted by molar-refractivity contribution is -1.01. The minimum Gasteiger partial charge on any atom is -0.457 e. The Bertz CT molecular complexity index is 996. The Kier molecular flexibility index (Phi) is 7.69. The van der Waals surface area contributed by atoms with Crippen LogP contribution in [-0.2, 0) is 4.79 Å².